The zero-order valence-corrected chi connectivity index (χ0v) is 16.2. The quantitative estimate of drug-likeness (QED) is 0.724. The Morgan fingerprint density at radius 3 is 2.52 bits per heavy atom. The Labute approximate surface area is 162 Å². The Bertz CT molecular complexity index is 1040. The van der Waals surface area contributed by atoms with Crippen LogP contribution in [0.2, 0.25) is 5.02 Å². The van der Waals surface area contributed by atoms with Gasteiger partial charge in [-0.1, -0.05) is 30.7 Å². The first-order valence-electron chi connectivity index (χ1n) is 8.21. The van der Waals surface area contributed by atoms with Crippen molar-refractivity contribution >= 4 is 44.8 Å². The summed E-state index contributed by atoms with van der Waals surface area (Å²) in [5, 5.41) is 5.58. The molecule has 0 aliphatic carbocycles. The predicted molar refractivity (Wildman–Crippen MR) is 103 cm³/mol. The number of carbonyl (C=O) groups is 2. The maximum absolute atomic E-state index is 12.7. The average Bonchev–Trinajstić information content (AvgIpc) is 2.72. The lowest BCUT2D eigenvalue weighted by molar-refractivity contribution is -0.121. The summed E-state index contributed by atoms with van der Waals surface area (Å²) >= 11 is 6.00. The first-order chi connectivity index (χ1) is 12.7. The lowest BCUT2D eigenvalue weighted by atomic mass is 9.98. The zero-order valence-electron chi connectivity index (χ0n) is 14.7. The predicted octanol–water partition coefficient (Wildman–Crippen LogP) is 2.99. The first kappa shape index (κ1) is 19.2. The highest BCUT2D eigenvalue weighted by Gasteiger charge is 2.37. The van der Waals surface area contributed by atoms with Gasteiger partial charge in [-0.3, -0.25) is 14.3 Å². The normalized spacial score (nSPS) is 19.5. The van der Waals surface area contributed by atoms with Crippen LogP contribution in [0.3, 0.4) is 0 Å². The molecule has 1 heterocycles. The van der Waals surface area contributed by atoms with E-state index in [0.717, 1.165) is 0 Å². The molecule has 0 aromatic heterocycles. The SMILES string of the molecule is CCC1(C)NC(=O)c2cc(S(=O)(=O)Nc3ccccc3Cl)ccc2NC1=O. The van der Waals surface area contributed by atoms with Crippen molar-refractivity contribution in [2.45, 2.75) is 30.7 Å². The number of hydrogen-bond donors (Lipinski definition) is 3. The number of hydrogen-bond acceptors (Lipinski definition) is 4. The van der Waals surface area contributed by atoms with Crippen LogP contribution in [0, 0.1) is 0 Å². The number of halogens is 1. The molecule has 1 unspecified atom stereocenters. The van der Waals surface area contributed by atoms with Crippen LogP contribution in [0.4, 0.5) is 11.4 Å². The highest BCUT2D eigenvalue weighted by Crippen LogP contribution is 2.28. The monoisotopic (exact) mass is 407 g/mol. The molecule has 1 atom stereocenters. The van der Waals surface area contributed by atoms with E-state index in [9.17, 15) is 18.0 Å². The van der Waals surface area contributed by atoms with Crippen molar-refractivity contribution in [3.05, 3.63) is 53.1 Å². The second-order valence-corrected chi connectivity index (χ2v) is 8.48. The van der Waals surface area contributed by atoms with Gasteiger partial charge in [0.15, 0.2) is 0 Å². The number of fused-ring (bicyclic) bond motifs is 1. The largest absolute Gasteiger partial charge is 0.338 e. The Balaban J connectivity index is 1.99. The number of anilines is 2. The molecule has 2 aromatic rings. The van der Waals surface area contributed by atoms with Gasteiger partial charge in [-0.25, -0.2) is 8.42 Å². The van der Waals surface area contributed by atoms with Crippen LogP contribution in [0.15, 0.2) is 47.4 Å². The van der Waals surface area contributed by atoms with Crippen LogP contribution < -0.4 is 15.4 Å². The lowest BCUT2D eigenvalue weighted by Crippen LogP contribution is -2.52. The molecule has 3 N–H and O–H groups in total. The molecule has 142 valence electrons. The zero-order chi connectivity index (χ0) is 19.8. The number of sulfonamides is 1. The van der Waals surface area contributed by atoms with Crippen LogP contribution >= 0.6 is 11.6 Å². The summed E-state index contributed by atoms with van der Waals surface area (Å²) in [7, 11) is -3.98. The summed E-state index contributed by atoms with van der Waals surface area (Å²) in [6.45, 7) is 3.39. The summed E-state index contributed by atoms with van der Waals surface area (Å²) in [6.07, 6.45) is 0.387. The van der Waals surface area contributed by atoms with E-state index in [1.165, 1.54) is 24.3 Å². The molecule has 7 nitrogen and oxygen atoms in total. The number of benzene rings is 2. The van der Waals surface area contributed by atoms with E-state index in [2.05, 4.69) is 15.4 Å². The molecular weight excluding hydrogens is 390 g/mol. The molecule has 2 amide bonds. The van der Waals surface area contributed by atoms with Crippen molar-refractivity contribution in [2.75, 3.05) is 10.0 Å². The minimum Gasteiger partial charge on any atom is -0.338 e. The fourth-order valence-electron chi connectivity index (χ4n) is 2.62. The Morgan fingerprint density at radius 2 is 1.85 bits per heavy atom. The van der Waals surface area contributed by atoms with Gasteiger partial charge in [0, 0.05) is 0 Å². The molecular formula is C18H18ClN3O4S. The lowest BCUT2D eigenvalue weighted by Gasteiger charge is -2.25. The molecule has 27 heavy (non-hydrogen) atoms. The van der Waals surface area contributed by atoms with Crippen molar-refractivity contribution in [3.8, 4) is 0 Å². The second-order valence-electron chi connectivity index (χ2n) is 6.39. The molecule has 0 bridgehead atoms. The molecule has 1 aliphatic heterocycles. The van der Waals surface area contributed by atoms with Gasteiger partial charge < -0.3 is 10.6 Å². The Morgan fingerprint density at radius 1 is 1.15 bits per heavy atom. The fraction of sp³-hybridized carbons (Fsp3) is 0.222. The number of carbonyl (C=O) groups excluding carboxylic acids is 2. The van der Waals surface area contributed by atoms with Crippen LogP contribution in [0.1, 0.15) is 30.6 Å². The third kappa shape index (κ3) is 3.63. The summed E-state index contributed by atoms with van der Waals surface area (Å²) in [5.41, 5.74) is -0.523. The van der Waals surface area contributed by atoms with Crippen molar-refractivity contribution in [2.24, 2.45) is 0 Å². The van der Waals surface area contributed by atoms with Crippen LogP contribution in [0.25, 0.3) is 0 Å². The van der Waals surface area contributed by atoms with Gasteiger partial charge in [0.05, 0.1) is 26.9 Å². The van der Waals surface area contributed by atoms with E-state index in [-0.39, 0.29) is 32.8 Å². The summed E-state index contributed by atoms with van der Waals surface area (Å²) < 4.78 is 27.8. The van der Waals surface area contributed by atoms with Crippen molar-refractivity contribution < 1.29 is 18.0 Å². The van der Waals surface area contributed by atoms with Crippen LogP contribution in [-0.2, 0) is 14.8 Å². The number of nitrogens with one attached hydrogen (secondary N) is 3. The molecule has 0 saturated carbocycles. The van der Waals surface area contributed by atoms with E-state index in [1.807, 2.05) is 0 Å². The van der Waals surface area contributed by atoms with E-state index in [4.69, 9.17) is 11.6 Å². The molecule has 0 spiro atoms. The first-order valence-corrected chi connectivity index (χ1v) is 10.1. The molecule has 3 rings (SSSR count). The standard InChI is InChI=1S/C18H18ClN3O4S/c1-3-18(2)17(24)20-14-9-8-11(10-12(14)16(23)21-18)27(25,26)22-15-7-5-4-6-13(15)19/h4-10,22H,3H2,1-2H3,(H,20,24)(H,21,23). The Kier molecular flexibility index (Phi) is 4.88. The fourth-order valence-corrected chi connectivity index (χ4v) is 3.96. The average molecular weight is 408 g/mol. The van der Waals surface area contributed by atoms with Gasteiger partial charge in [-0.05, 0) is 43.7 Å². The van der Waals surface area contributed by atoms with Crippen LogP contribution in [0.5, 0.6) is 0 Å². The molecule has 1 aliphatic rings. The summed E-state index contributed by atoms with van der Waals surface area (Å²) in [5.74, 6) is -0.885. The van der Waals surface area contributed by atoms with Crippen molar-refractivity contribution in [1.82, 2.24) is 5.32 Å². The number of amides is 2. The van der Waals surface area contributed by atoms with Gasteiger partial charge in [0.1, 0.15) is 5.54 Å². The minimum atomic E-state index is -3.98. The maximum Gasteiger partial charge on any atom is 0.261 e. The van der Waals surface area contributed by atoms with E-state index < -0.39 is 21.5 Å². The Hall–Kier alpha value is -2.58. The second kappa shape index (κ2) is 6.86. The number of para-hydroxylation sites is 1. The van der Waals surface area contributed by atoms with E-state index in [1.54, 1.807) is 32.0 Å². The topological polar surface area (TPSA) is 104 Å². The van der Waals surface area contributed by atoms with Gasteiger partial charge in [-0.15, -0.1) is 0 Å². The smallest absolute Gasteiger partial charge is 0.261 e. The molecule has 9 heteroatoms. The van der Waals surface area contributed by atoms with Crippen molar-refractivity contribution in [1.29, 1.82) is 0 Å². The van der Waals surface area contributed by atoms with Gasteiger partial charge in [0.2, 0.25) is 5.91 Å². The number of rotatable bonds is 4. The van der Waals surface area contributed by atoms with Crippen molar-refractivity contribution in [3.63, 3.8) is 0 Å². The molecule has 0 radical (unpaired) electrons. The van der Waals surface area contributed by atoms with Gasteiger partial charge >= 0.3 is 0 Å². The summed E-state index contributed by atoms with van der Waals surface area (Å²) in [4.78, 5) is 24.8. The maximum atomic E-state index is 12.7. The van der Waals surface area contributed by atoms with Gasteiger partial charge in [-0.2, -0.15) is 0 Å². The molecule has 2 aromatic carbocycles. The third-order valence-electron chi connectivity index (χ3n) is 4.51. The molecule has 0 saturated heterocycles. The third-order valence-corrected chi connectivity index (χ3v) is 6.20. The van der Waals surface area contributed by atoms with E-state index in [0.29, 0.717) is 6.42 Å². The molecule has 0 fully saturated rings. The van der Waals surface area contributed by atoms with E-state index >= 15 is 0 Å². The highest BCUT2D eigenvalue weighted by atomic mass is 35.5. The van der Waals surface area contributed by atoms with Gasteiger partial charge in [0.25, 0.3) is 15.9 Å². The highest BCUT2D eigenvalue weighted by molar-refractivity contribution is 7.92. The summed E-state index contributed by atoms with van der Waals surface area (Å²) in [6, 6.07) is 10.4. The minimum absolute atomic E-state index is 0.0718. The van der Waals surface area contributed by atoms with Crippen LogP contribution in [-0.4, -0.2) is 25.8 Å².